The number of rotatable bonds is 5. The Balaban J connectivity index is 2.12. The van der Waals surface area contributed by atoms with Gasteiger partial charge in [0.1, 0.15) is 0 Å². The lowest BCUT2D eigenvalue weighted by Gasteiger charge is -2.24. The minimum atomic E-state index is -0.894. The standard InChI is InChI=1S/C23H29NO2/c1-14(2)10-16-7-9-19-20(12-16)18-8-6-17(11-15(3)4)13-21(18)22(19)24(5)23(25)26/h6-9,12-15,22H,10-11H2,1-5H3,(H,25,26). The largest absolute Gasteiger partial charge is 0.465 e. The quantitative estimate of drug-likeness (QED) is 0.743. The van der Waals surface area contributed by atoms with E-state index in [9.17, 15) is 9.90 Å². The molecule has 138 valence electrons. The van der Waals surface area contributed by atoms with Crippen LogP contribution < -0.4 is 0 Å². The fraction of sp³-hybridized carbons (Fsp3) is 0.435. The van der Waals surface area contributed by atoms with E-state index in [1.54, 1.807) is 7.05 Å². The molecule has 2 aromatic rings. The van der Waals surface area contributed by atoms with Crippen molar-refractivity contribution in [1.29, 1.82) is 0 Å². The van der Waals surface area contributed by atoms with E-state index in [1.807, 2.05) is 0 Å². The van der Waals surface area contributed by atoms with Gasteiger partial charge in [-0.2, -0.15) is 0 Å². The maximum absolute atomic E-state index is 11.7. The Morgan fingerprint density at radius 1 is 0.923 bits per heavy atom. The van der Waals surface area contributed by atoms with Crippen molar-refractivity contribution in [2.24, 2.45) is 11.8 Å². The molecule has 0 spiro atoms. The van der Waals surface area contributed by atoms with Crippen LogP contribution in [0.2, 0.25) is 0 Å². The van der Waals surface area contributed by atoms with E-state index < -0.39 is 6.09 Å². The lowest BCUT2D eigenvalue weighted by Crippen LogP contribution is -2.29. The molecule has 0 heterocycles. The van der Waals surface area contributed by atoms with Crippen LogP contribution in [0.25, 0.3) is 11.1 Å². The fourth-order valence-electron chi connectivity index (χ4n) is 4.05. The molecule has 3 rings (SSSR count). The first-order valence-corrected chi connectivity index (χ1v) is 9.49. The lowest BCUT2D eigenvalue weighted by atomic mass is 9.96. The van der Waals surface area contributed by atoms with Crippen LogP contribution in [0.3, 0.4) is 0 Å². The molecule has 1 unspecified atom stereocenters. The molecule has 0 saturated heterocycles. The molecule has 3 heteroatoms. The number of amides is 1. The summed E-state index contributed by atoms with van der Waals surface area (Å²) in [6.07, 6.45) is 1.15. The second-order valence-corrected chi connectivity index (χ2v) is 8.34. The van der Waals surface area contributed by atoms with Gasteiger partial charge in [-0.05, 0) is 58.1 Å². The number of nitrogens with zero attached hydrogens (tertiary/aromatic N) is 1. The second-order valence-electron chi connectivity index (χ2n) is 8.34. The predicted molar refractivity (Wildman–Crippen MR) is 107 cm³/mol. The van der Waals surface area contributed by atoms with Gasteiger partial charge in [-0.25, -0.2) is 4.79 Å². The van der Waals surface area contributed by atoms with E-state index in [-0.39, 0.29) is 6.04 Å². The molecular weight excluding hydrogens is 322 g/mol. The third-order valence-electron chi connectivity index (χ3n) is 5.09. The zero-order valence-electron chi connectivity index (χ0n) is 16.4. The highest BCUT2D eigenvalue weighted by atomic mass is 16.4. The van der Waals surface area contributed by atoms with E-state index in [0.717, 1.165) is 24.0 Å². The number of fused-ring (bicyclic) bond motifs is 3. The van der Waals surface area contributed by atoms with Crippen molar-refractivity contribution in [3.8, 4) is 11.1 Å². The molecule has 0 fully saturated rings. The molecule has 0 aliphatic heterocycles. The van der Waals surface area contributed by atoms with Gasteiger partial charge in [0, 0.05) is 7.05 Å². The van der Waals surface area contributed by atoms with Crippen LogP contribution in [0.4, 0.5) is 4.79 Å². The van der Waals surface area contributed by atoms with Crippen molar-refractivity contribution in [2.75, 3.05) is 7.05 Å². The number of benzene rings is 2. The zero-order valence-corrected chi connectivity index (χ0v) is 16.4. The van der Waals surface area contributed by atoms with Gasteiger partial charge in [-0.3, -0.25) is 0 Å². The average Bonchev–Trinajstić information content (AvgIpc) is 2.85. The van der Waals surface area contributed by atoms with Crippen LogP contribution in [0, 0.1) is 11.8 Å². The first-order chi connectivity index (χ1) is 12.3. The fourth-order valence-corrected chi connectivity index (χ4v) is 4.05. The third-order valence-corrected chi connectivity index (χ3v) is 5.09. The van der Waals surface area contributed by atoms with Crippen molar-refractivity contribution < 1.29 is 9.90 Å². The van der Waals surface area contributed by atoms with E-state index >= 15 is 0 Å². The summed E-state index contributed by atoms with van der Waals surface area (Å²) in [6.45, 7) is 8.86. The van der Waals surface area contributed by atoms with E-state index in [2.05, 4.69) is 64.1 Å². The summed E-state index contributed by atoms with van der Waals surface area (Å²) in [5.41, 5.74) is 7.17. The minimum Gasteiger partial charge on any atom is -0.465 e. The maximum atomic E-state index is 11.7. The van der Waals surface area contributed by atoms with Gasteiger partial charge in [0.05, 0.1) is 6.04 Å². The topological polar surface area (TPSA) is 40.5 Å². The number of carboxylic acid groups (broad SMARTS) is 1. The average molecular weight is 351 g/mol. The smallest absolute Gasteiger partial charge is 0.407 e. The van der Waals surface area contributed by atoms with Crippen molar-refractivity contribution in [1.82, 2.24) is 4.90 Å². The van der Waals surface area contributed by atoms with Crippen molar-refractivity contribution in [3.05, 3.63) is 58.7 Å². The number of carbonyl (C=O) groups is 1. The Kier molecular flexibility index (Phi) is 5.08. The van der Waals surface area contributed by atoms with Crippen LogP contribution in [0.1, 0.15) is 56.0 Å². The van der Waals surface area contributed by atoms with Crippen LogP contribution in [0.15, 0.2) is 36.4 Å². The highest BCUT2D eigenvalue weighted by molar-refractivity contribution is 5.81. The molecule has 0 aromatic heterocycles. The first-order valence-electron chi connectivity index (χ1n) is 9.49. The Bertz CT molecular complexity index is 823. The van der Waals surface area contributed by atoms with Gasteiger partial charge < -0.3 is 10.0 Å². The van der Waals surface area contributed by atoms with Gasteiger partial charge in [0.2, 0.25) is 0 Å². The minimum absolute atomic E-state index is 0.224. The zero-order chi connectivity index (χ0) is 19.0. The summed E-state index contributed by atoms with van der Waals surface area (Å²) in [4.78, 5) is 13.1. The van der Waals surface area contributed by atoms with E-state index in [1.165, 1.54) is 27.2 Å². The molecule has 2 aromatic carbocycles. The highest BCUT2D eigenvalue weighted by Crippen LogP contribution is 2.47. The molecule has 1 amide bonds. The summed E-state index contributed by atoms with van der Waals surface area (Å²) in [6, 6.07) is 12.9. The van der Waals surface area contributed by atoms with E-state index in [0.29, 0.717) is 11.8 Å². The van der Waals surface area contributed by atoms with Crippen molar-refractivity contribution in [3.63, 3.8) is 0 Å². The molecule has 1 N–H and O–H groups in total. The monoisotopic (exact) mass is 351 g/mol. The number of hydrogen-bond donors (Lipinski definition) is 1. The first kappa shape index (κ1) is 18.5. The summed E-state index contributed by atoms with van der Waals surface area (Å²) >= 11 is 0. The van der Waals surface area contributed by atoms with Crippen LogP contribution >= 0.6 is 0 Å². The Morgan fingerprint density at radius 2 is 1.50 bits per heavy atom. The van der Waals surface area contributed by atoms with Gasteiger partial charge >= 0.3 is 6.09 Å². The SMILES string of the molecule is CC(C)Cc1ccc2c(c1)-c1ccc(CC(C)C)cc1C2N(C)C(=O)O. The maximum Gasteiger partial charge on any atom is 0.407 e. The molecule has 0 radical (unpaired) electrons. The third kappa shape index (κ3) is 3.48. The molecule has 3 nitrogen and oxygen atoms in total. The van der Waals surface area contributed by atoms with Crippen LogP contribution in [-0.2, 0) is 12.8 Å². The molecule has 1 aliphatic carbocycles. The molecule has 26 heavy (non-hydrogen) atoms. The van der Waals surface area contributed by atoms with Crippen LogP contribution in [0.5, 0.6) is 0 Å². The highest BCUT2D eigenvalue weighted by Gasteiger charge is 2.34. The summed E-state index contributed by atoms with van der Waals surface area (Å²) < 4.78 is 0. The normalized spacial score (nSPS) is 15.3. The Hall–Kier alpha value is -2.29. The van der Waals surface area contributed by atoms with Gasteiger partial charge in [-0.15, -0.1) is 0 Å². The van der Waals surface area contributed by atoms with Crippen molar-refractivity contribution in [2.45, 2.75) is 46.6 Å². The van der Waals surface area contributed by atoms with Gasteiger partial charge in [0.15, 0.2) is 0 Å². The van der Waals surface area contributed by atoms with Gasteiger partial charge in [0.25, 0.3) is 0 Å². The summed E-state index contributed by atoms with van der Waals surface area (Å²) in [5.74, 6) is 1.17. The molecular formula is C23H29NO2. The Labute approximate surface area is 156 Å². The van der Waals surface area contributed by atoms with E-state index in [4.69, 9.17) is 0 Å². The molecule has 1 aliphatic rings. The Morgan fingerprint density at radius 3 is 2.08 bits per heavy atom. The molecule has 0 bridgehead atoms. The summed E-state index contributed by atoms with van der Waals surface area (Å²) in [5, 5.41) is 9.61. The van der Waals surface area contributed by atoms with Crippen LogP contribution in [-0.4, -0.2) is 23.1 Å². The summed E-state index contributed by atoms with van der Waals surface area (Å²) in [7, 11) is 1.67. The lowest BCUT2D eigenvalue weighted by molar-refractivity contribution is 0.146. The predicted octanol–water partition coefficient (Wildman–Crippen LogP) is 5.76. The van der Waals surface area contributed by atoms with Crippen molar-refractivity contribution >= 4 is 6.09 Å². The number of hydrogen-bond acceptors (Lipinski definition) is 1. The second kappa shape index (κ2) is 7.14. The molecule has 1 atom stereocenters. The molecule has 0 saturated carbocycles. The van der Waals surface area contributed by atoms with Gasteiger partial charge in [-0.1, -0.05) is 64.1 Å².